The molecule has 0 amide bonds. The van der Waals surface area contributed by atoms with Crippen LogP contribution in [0.5, 0.6) is 0 Å². The molecule has 1 aromatic carbocycles. The largest absolute Gasteiger partial charge is 0.478 e. The highest BCUT2D eigenvalue weighted by molar-refractivity contribution is 7.99. The molecule has 0 saturated heterocycles. The number of aromatic nitrogens is 2. The van der Waals surface area contributed by atoms with Crippen molar-refractivity contribution in [1.82, 2.24) is 9.55 Å². The maximum absolute atomic E-state index is 13.2. The fourth-order valence-corrected chi connectivity index (χ4v) is 2.54. The molecule has 0 atom stereocenters. The number of hydrogen-bond acceptors (Lipinski definition) is 3. The van der Waals surface area contributed by atoms with Gasteiger partial charge in [-0.1, -0.05) is 0 Å². The van der Waals surface area contributed by atoms with E-state index in [1.165, 1.54) is 23.9 Å². The molecule has 0 spiro atoms. The van der Waals surface area contributed by atoms with Crippen LogP contribution in [-0.2, 0) is 13.5 Å². The number of aromatic carboxylic acids is 1. The first-order valence-corrected chi connectivity index (χ1v) is 6.68. The van der Waals surface area contributed by atoms with Gasteiger partial charge in [0.1, 0.15) is 11.6 Å². The SMILES string of the molecule is Cn1ccnc1CCSc1ccc(F)c(C(=O)O)c1. The van der Waals surface area contributed by atoms with Crippen LogP contribution in [0.3, 0.4) is 0 Å². The molecule has 4 nitrogen and oxygen atoms in total. The molecule has 0 bridgehead atoms. The van der Waals surface area contributed by atoms with E-state index >= 15 is 0 Å². The molecule has 2 rings (SSSR count). The van der Waals surface area contributed by atoms with Gasteiger partial charge in [0.15, 0.2) is 0 Å². The van der Waals surface area contributed by atoms with Crippen molar-refractivity contribution in [3.05, 3.63) is 47.8 Å². The fraction of sp³-hybridized carbons (Fsp3) is 0.231. The quantitative estimate of drug-likeness (QED) is 0.855. The van der Waals surface area contributed by atoms with Crippen molar-refractivity contribution in [2.24, 2.45) is 7.05 Å². The summed E-state index contributed by atoms with van der Waals surface area (Å²) in [4.78, 5) is 15.8. The van der Waals surface area contributed by atoms with Gasteiger partial charge in [-0.05, 0) is 18.2 Å². The highest BCUT2D eigenvalue weighted by Gasteiger charge is 2.11. The van der Waals surface area contributed by atoms with Crippen LogP contribution in [0.1, 0.15) is 16.2 Å². The Kier molecular flexibility index (Phi) is 4.21. The average molecular weight is 280 g/mol. The van der Waals surface area contributed by atoms with Gasteiger partial charge < -0.3 is 9.67 Å². The number of halogens is 1. The van der Waals surface area contributed by atoms with Crippen molar-refractivity contribution in [2.45, 2.75) is 11.3 Å². The molecule has 0 aliphatic carbocycles. The maximum Gasteiger partial charge on any atom is 0.338 e. The van der Waals surface area contributed by atoms with Gasteiger partial charge in [0.05, 0.1) is 5.56 Å². The second-order valence-electron chi connectivity index (χ2n) is 4.00. The first-order chi connectivity index (χ1) is 9.08. The third-order valence-corrected chi connectivity index (χ3v) is 3.68. The highest BCUT2D eigenvalue weighted by atomic mass is 32.2. The van der Waals surface area contributed by atoms with E-state index in [4.69, 9.17) is 5.11 Å². The van der Waals surface area contributed by atoms with E-state index in [-0.39, 0.29) is 5.56 Å². The first kappa shape index (κ1) is 13.6. The summed E-state index contributed by atoms with van der Waals surface area (Å²) in [6.45, 7) is 0. The van der Waals surface area contributed by atoms with E-state index in [9.17, 15) is 9.18 Å². The number of carbonyl (C=O) groups is 1. The number of carboxylic acids is 1. The first-order valence-electron chi connectivity index (χ1n) is 5.70. The number of imidazole rings is 1. The monoisotopic (exact) mass is 280 g/mol. The normalized spacial score (nSPS) is 10.6. The summed E-state index contributed by atoms with van der Waals surface area (Å²) in [6, 6.07) is 4.14. The third-order valence-electron chi connectivity index (χ3n) is 2.68. The minimum Gasteiger partial charge on any atom is -0.478 e. The van der Waals surface area contributed by atoms with Gasteiger partial charge in [0.2, 0.25) is 0 Å². The maximum atomic E-state index is 13.2. The molecule has 0 saturated carbocycles. The van der Waals surface area contributed by atoms with Crippen LogP contribution in [0.4, 0.5) is 4.39 Å². The lowest BCUT2D eigenvalue weighted by Gasteiger charge is -2.04. The van der Waals surface area contributed by atoms with Gasteiger partial charge in [0, 0.05) is 36.5 Å². The summed E-state index contributed by atoms with van der Waals surface area (Å²) < 4.78 is 15.2. The molecule has 0 radical (unpaired) electrons. The van der Waals surface area contributed by atoms with Crippen LogP contribution in [0.2, 0.25) is 0 Å². The number of rotatable bonds is 5. The van der Waals surface area contributed by atoms with Gasteiger partial charge in [-0.2, -0.15) is 0 Å². The molecule has 1 aromatic heterocycles. The zero-order chi connectivity index (χ0) is 13.8. The Bertz CT molecular complexity index is 598. The summed E-state index contributed by atoms with van der Waals surface area (Å²) in [5, 5.41) is 8.84. The Balaban J connectivity index is 1.98. The molecule has 2 aromatic rings. The number of hydrogen-bond donors (Lipinski definition) is 1. The zero-order valence-electron chi connectivity index (χ0n) is 10.3. The Hall–Kier alpha value is -1.82. The second-order valence-corrected chi connectivity index (χ2v) is 5.17. The van der Waals surface area contributed by atoms with Gasteiger partial charge in [0.25, 0.3) is 0 Å². The number of carboxylic acid groups (broad SMARTS) is 1. The molecule has 6 heteroatoms. The van der Waals surface area contributed by atoms with Crippen LogP contribution in [0.15, 0.2) is 35.5 Å². The van der Waals surface area contributed by atoms with E-state index in [1.54, 1.807) is 12.3 Å². The van der Waals surface area contributed by atoms with Crippen molar-refractivity contribution in [3.8, 4) is 0 Å². The minimum atomic E-state index is -1.25. The van der Waals surface area contributed by atoms with Crippen LogP contribution in [0.25, 0.3) is 0 Å². The van der Waals surface area contributed by atoms with Crippen molar-refractivity contribution in [1.29, 1.82) is 0 Å². The Morgan fingerprint density at radius 1 is 1.53 bits per heavy atom. The van der Waals surface area contributed by atoms with Gasteiger partial charge in [-0.15, -0.1) is 11.8 Å². The van der Waals surface area contributed by atoms with E-state index in [1.807, 2.05) is 17.8 Å². The van der Waals surface area contributed by atoms with Crippen LogP contribution < -0.4 is 0 Å². The van der Waals surface area contributed by atoms with Crippen LogP contribution in [-0.4, -0.2) is 26.4 Å². The Morgan fingerprint density at radius 2 is 2.32 bits per heavy atom. The molecule has 0 fully saturated rings. The summed E-state index contributed by atoms with van der Waals surface area (Å²) in [7, 11) is 1.92. The van der Waals surface area contributed by atoms with Crippen molar-refractivity contribution in [2.75, 3.05) is 5.75 Å². The molecule has 19 heavy (non-hydrogen) atoms. The van der Waals surface area contributed by atoms with Gasteiger partial charge >= 0.3 is 5.97 Å². The molecular weight excluding hydrogens is 267 g/mol. The second kappa shape index (κ2) is 5.88. The van der Waals surface area contributed by atoms with E-state index in [2.05, 4.69) is 4.98 Å². The molecule has 100 valence electrons. The highest BCUT2D eigenvalue weighted by Crippen LogP contribution is 2.22. The average Bonchev–Trinajstić information content (AvgIpc) is 2.77. The minimum absolute atomic E-state index is 0.290. The van der Waals surface area contributed by atoms with Crippen molar-refractivity contribution >= 4 is 17.7 Å². The predicted molar refractivity (Wildman–Crippen MR) is 71.0 cm³/mol. The molecule has 0 aliphatic rings. The lowest BCUT2D eigenvalue weighted by atomic mass is 10.2. The molecule has 1 heterocycles. The summed E-state index contributed by atoms with van der Waals surface area (Å²) >= 11 is 1.48. The Morgan fingerprint density at radius 3 is 2.95 bits per heavy atom. The number of thioether (sulfide) groups is 1. The number of aryl methyl sites for hydroxylation is 2. The smallest absolute Gasteiger partial charge is 0.338 e. The third kappa shape index (κ3) is 3.35. The number of nitrogens with zero attached hydrogens (tertiary/aromatic N) is 2. The van der Waals surface area contributed by atoms with Crippen molar-refractivity contribution in [3.63, 3.8) is 0 Å². The van der Waals surface area contributed by atoms with Crippen molar-refractivity contribution < 1.29 is 14.3 Å². The standard InChI is InChI=1S/C13H13FN2O2S/c1-16-6-5-15-12(16)4-7-19-9-2-3-11(14)10(8-9)13(17)18/h2-3,5-6,8H,4,7H2,1H3,(H,17,18). The van der Waals surface area contributed by atoms with Gasteiger partial charge in [-0.25, -0.2) is 14.2 Å². The summed E-state index contributed by atoms with van der Waals surface area (Å²) in [5.74, 6) is -0.228. The Labute approximate surface area is 114 Å². The van der Waals surface area contributed by atoms with Gasteiger partial charge in [-0.3, -0.25) is 0 Å². The van der Waals surface area contributed by atoms with E-state index in [0.29, 0.717) is 0 Å². The topological polar surface area (TPSA) is 55.1 Å². The number of benzene rings is 1. The summed E-state index contributed by atoms with van der Waals surface area (Å²) in [6.07, 6.45) is 4.38. The lowest BCUT2D eigenvalue weighted by Crippen LogP contribution is -2.01. The zero-order valence-corrected chi connectivity index (χ0v) is 11.2. The lowest BCUT2D eigenvalue weighted by molar-refractivity contribution is 0.0691. The fourth-order valence-electron chi connectivity index (χ4n) is 1.66. The predicted octanol–water partition coefficient (Wildman–Crippen LogP) is 2.59. The molecule has 0 aliphatic heterocycles. The van der Waals surface area contributed by atoms with E-state index in [0.717, 1.165) is 22.9 Å². The molecular formula is C13H13FN2O2S. The van der Waals surface area contributed by atoms with Crippen LogP contribution in [0, 0.1) is 5.82 Å². The van der Waals surface area contributed by atoms with E-state index < -0.39 is 11.8 Å². The molecule has 1 N–H and O–H groups in total. The molecule has 0 unspecified atom stereocenters. The summed E-state index contributed by atoms with van der Waals surface area (Å²) in [5.41, 5.74) is -0.290. The van der Waals surface area contributed by atoms with Crippen LogP contribution >= 0.6 is 11.8 Å².